The van der Waals surface area contributed by atoms with E-state index in [2.05, 4.69) is 10.3 Å². The highest BCUT2D eigenvalue weighted by Crippen LogP contribution is 2.36. The number of fused-ring (bicyclic) bond motifs is 1. The number of hydrogen-bond acceptors (Lipinski definition) is 8. The predicted octanol–water partition coefficient (Wildman–Crippen LogP) is 7.58. The number of nitriles is 1. The lowest BCUT2D eigenvalue weighted by Gasteiger charge is -2.18. The predicted molar refractivity (Wildman–Crippen MR) is 170 cm³/mol. The van der Waals surface area contributed by atoms with Crippen LogP contribution in [0, 0.1) is 18.3 Å². The number of nitrogens with one attached hydrogen (secondary N) is 1. The van der Waals surface area contributed by atoms with Gasteiger partial charge in [0.2, 0.25) is 0 Å². The molecule has 0 radical (unpaired) electrons. The number of benzene rings is 3. The standard InChI is InChI=1S/C35H33N5O4/c1-23-9-13-29(14-10-23)43-30-17-18-37-33-31(30)32(39-40(33)22-24-11-15-28(42-5)16-12-24)38-27-8-6-7-25(20-27)19-26(21-36)34(41)44-35(2,3)4/h6-20H,22H2,1-5H3,(H,38,39)/b26-19+. The van der Waals surface area contributed by atoms with Gasteiger partial charge in [-0.05, 0) is 81.3 Å². The summed E-state index contributed by atoms with van der Waals surface area (Å²) in [5.74, 6) is 1.92. The lowest BCUT2D eigenvalue weighted by Crippen LogP contribution is -2.24. The molecule has 0 saturated heterocycles. The molecule has 0 aliphatic rings. The Bertz CT molecular complexity index is 1860. The molecule has 222 valence electrons. The molecule has 44 heavy (non-hydrogen) atoms. The van der Waals surface area contributed by atoms with E-state index < -0.39 is 11.6 Å². The van der Waals surface area contributed by atoms with E-state index >= 15 is 0 Å². The second-order valence-corrected chi connectivity index (χ2v) is 11.2. The van der Waals surface area contributed by atoms with Gasteiger partial charge in [-0.25, -0.2) is 14.5 Å². The molecule has 0 unspecified atom stereocenters. The van der Waals surface area contributed by atoms with Crippen LogP contribution in [0.4, 0.5) is 11.5 Å². The molecule has 5 aromatic rings. The van der Waals surface area contributed by atoms with Gasteiger partial charge in [-0.1, -0.05) is 42.0 Å². The number of aryl methyl sites for hydroxylation is 1. The minimum absolute atomic E-state index is 0.0933. The molecule has 0 aliphatic heterocycles. The maximum absolute atomic E-state index is 12.5. The Kier molecular flexibility index (Phi) is 8.63. The van der Waals surface area contributed by atoms with Gasteiger partial charge in [-0.2, -0.15) is 10.4 Å². The smallest absolute Gasteiger partial charge is 0.349 e. The highest BCUT2D eigenvalue weighted by atomic mass is 16.6. The number of methoxy groups -OCH3 is 1. The minimum Gasteiger partial charge on any atom is -0.497 e. The van der Waals surface area contributed by atoms with Crippen LogP contribution in [0.2, 0.25) is 0 Å². The molecule has 0 saturated carbocycles. The monoisotopic (exact) mass is 587 g/mol. The molecule has 3 aromatic carbocycles. The van der Waals surface area contributed by atoms with Crippen molar-refractivity contribution in [1.82, 2.24) is 14.8 Å². The van der Waals surface area contributed by atoms with Gasteiger partial charge in [-0.3, -0.25) is 0 Å². The first-order valence-electron chi connectivity index (χ1n) is 14.1. The van der Waals surface area contributed by atoms with Crippen molar-refractivity contribution in [3.05, 3.63) is 107 Å². The average Bonchev–Trinajstić information content (AvgIpc) is 3.34. The Morgan fingerprint density at radius 3 is 2.43 bits per heavy atom. The highest BCUT2D eigenvalue weighted by Gasteiger charge is 2.21. The zero-order chi connectivity index (χ0) is 31.3. The maximum Gasteiger partial charge on any atom is 0.349 e. The maximum atomic E-state index is 12.5. The molecule has 0 spiro atoms. The van der Waals surface area contributed by atoms with Gasteiger partial charge in [0.15, 0.2) is 11.5 Å². The van der Waals surface area contributed by atoms with Crippen molar-refractivity contribution in [2.75, 3.05) is 12.4 Å². The van der Waals surface area contributed by atoms with Crippen LogP contribution in [-0.4, -0.2) is 33.4 Å². The van der Waals surface area contributed by atoms with E-state index in [-0.39, 0.29) is 5.57 Å². The van der Waals surface area contributed by atoms with Gasteiger partial charge in [0, 0.05) is 18.0 Å². The van der Waals surface area contributed by atoms with E-state index in [0.717, 1.165) is 16.9 Å². The van der Waals surface area contributed by atoms with Crippen LogP contribution in [0.15, 0.2) is 90.6 Å². The number of carbonyl (C=O) groups is 1. The molecule has 5 rings (SSSR count). The number of nitrogens with zero attached hydrogens (tertiary/aromatic N) is 4. The van der Waals surface area contributed by atoms with Crippen LogP contribution in [0.3, 0.4) is 0 Å². The number of carbonyl (C=O) groups excluding carboxylic acids is 1. The third-order valence-electron chi connectivity index (χ3n) is 6.53. The fourth-order valence-electron chi connectivity index (χ4n) is 4.47. The van der Waals surface area contributed by atoms with Crippen LogP contribution in [0.25, 0.3) is 17.1 Å². The molecule has 0 bridgehead atoms. The molecule has 0 fully saturated rings. The van der Waals surface area contributed by atoms with Crippen molar-refractivity contribution < 1.29 is 19.0 Å². The summed E-state index contributed by atoms with van der Waals surface area (Å²) < 4.78 is 18.8. The Morgan fingerprint density at radius 2 is 1.75 bits per heavy atom. The summed E-state index contributed by atoms with van der Waals surface area (Å²) in [6, 6.07) is 26.7. The number of anilines is 2. The van der Waals surface area contributed by atoms with Crippen LogP contribution in [0.1, 0.15) is 37.5 Å². The van der Waals surface area contributed by atoms with Gasteiger partial charge in [0.05, 0.1) is 13.7 Å². The molecule has 1 N–H and O–H groups in total. The van der Waals surface area contributed by atoms with E-state index in [4.69, 9.17) is 19.3 Å². The van der Waals surface area contributed by atoms with Crippen molar-refractivity contribution in [2.45, 2.75) is 39.8 Å². The fourth-order valence-corrected chi connectivity index (χ4v) is 4.47. The summed E-state index contributed by atoms with van der Waals surface area (Å²) in [5, 5.41) is 18.6. The largest absolute Gasteiger partial charge is 0.497 e. The zero-order valence-corrected chi connectivity index (χ0v) is 25.3. The van der Waals surface area contributed by atoms with Gasteiger partial charge in [0.25, 0.3) is 0 Å². The van der Waals surface area contributed by atoms with Crippen molar-refractivity contribution in [1.29, 1.82) is 5.26 Å². The first-order valence-corrected chi connectivity index (χ1v) is 14.1. The third kappa shape index (κ3) is 7.23. The highest BCUT2D eigenvalue weighted by molar-refractivity contribution is 5.98. The number of hydrogen-bond donors (Lipinski definition) is 1. The number of aromatic nitrogens is 3. The van der Waals surface area contributed by atoms with E-state index in [1.54, 1.807) is 40.1 Å². The number of rotatable bonds is 9. The summed E-state index contributed by atoms with van der Waals surface area (Å²) >= 11 is 0. The Hall–Kier alpha value is -5.62. The van der Waals surface area contributed by atoms with Gasteiger partial charge >= 0.3 is 5.97 Å². The Morgan fingerprint density at radius 1 is 1.02 bits per heavy atom. The number of esters is 1. The van der Waals surface area contributed by atoms with Gasteiger partial charge in [-0.15, -0.1) is 0 Å². The fraction of sp³-hybridized carbons (Fsp3) is 0.200. The van der Waals surface area contributed by atoms with Crippen LogP contribution in [-0.2, 0) is 16.1 Å². The van der Waals surface area contributed by atoms with Crippen LogP contribution in [0.5, 0.6) is 17.2 Å². The van der Waals surface area contributed by atoms with E-state index in [0.29, 0.717) is 46.1 Å². The molecule has 9 nitrogen and oxygen atoms in total. The SMILES string of the molecule is COc1ccc(Cn2nc(Nc3cccc(/C=C(\C#N)C(=O)OC(C)(C)C)c3)c3c(Oc4ccc(C)cc4)ccnc32)cc1. The summed E-state index contributed by atoms with van der Waals surface area (Å²) in [6.07, 6.45) is 3.21. The summed E-state index contributed by atoms with van der Waals surface area (Å²) in [5.41, 5.74) is 3.33. The van der Waals surface area contributed by atoms with Crippen LogP contribution < -0.4 is 14.8 Å². The Balaban J connectivity index is 1.53. The van der Waals surface area contributed by atoms with Gasteiger partial charge in [0.1, 0.15) is 39.9 Å². The summed E-state index contributed by atoms with van der Waals surface area (Å²) in [7, 11) is 1.64. The van der Waals surface area contributed by atoms with Gasteiger partial charge < -0.3 is 19.5 Å². The molecule has 9 heteroatoms. The van der Waals surface area contributed by atoms with Crippen molar-refractivity contribution in [2.24, 2.45) is 0 Å². The third-order valence-corrected chi connectivity index (χ3v) is 6.53. The van der Waals surface area contributed by atoms with Crippen molar-refractivity contribution >= 4 is 34.6 Å². The molecule has 2 aromatic heterocycles. The van der Waals surface area contributed by atoms with Crippen molar-refractivity contribution in [3.63, 3.8) is 0 Å². The van der Waals surface area contributed by atoms with E-state index in [1.807, 2.05) is 90.5 Å². The average molecular weight is 588 g/mol. The quantitative estimate of drug-likeness (QED) is 0.107. The molecule has 0 amide bonds. The molecular weight excluding hydrogens is 554 g/mol. The molecule has 0 atom stereocenters. The zero-order valence-electron chi connectivity index (χ0n) is 25.3. The minimum atomic E-state index is -0.714. The number of ether oxygens (including phenoxy) is 3. The van der Waals surface area contributed by atoms with Crippen LogP contribution >= 0.6 is 0 Å². The Labute approximate surface area is 256 Å². The second-order valence-electron chi connectivity index (χ2n) is 11.2. The lowest BCUT2D eigenvalue weighted by atomic mass is 10.1. The normalized spacial score (nSPS) is 11.6. The van der Waals surface area contributed by atoms with E-state index in [1.165, 1.54) is 6.08 Å². The van der Waals surface area contributed by atoms with Crippen molar-refractivity contribution in [3.8, 4) is 23.3 Å². The lowest BCUT2D eigenvalue weighted by molar-refractivity contribution is -0.149. The molecular formula is C35H33N5O4. The topological polar surface area (TPSA) is 111 Å². The number of pyridine rings is 1. The first kappa shape index (κ1) is 29.9. The molecule has 0 aliphatic carbocycles. The first-order chi connectivity index (χ1) is 21.1. The summed E-state index contributed by atoms with van der Waals surface area (Å²) in [6.45, 7) is 7.76. The second kappa shape index (κ2) is 12.7. The summed E-state index contributed by atoms with van der Waals surface area (Å²) in [4.78, 5) is 17.2. The van der Waals surface area contributed by atoms with E-state index in [9.17, 15) is 10.1 Å². The molecule has 2 heterocycles.